The van der Waals surface area contributed by atoms with Crippen molar-refractivity contribution in [1.29, 1.82) is 0 Å². The van der Waals surface area contributed by atoms with E-state index in [0.717, 1.165) is 39.3 Å². The minimum Gasteiger partial charge on any atom is -0.497 e. The SMILES string of the molecule is CCn1c(SCc2cccc(Br)c2)nnc1C(C)Oc1ccc(OC)cc1. The summed E-state index contributed by atoms with van der Waals surface area (Å²) in [5, 5.41) is 9.66. The zero-order valence-corrected chi connectivity index (χ0v) is 18.0. The molecule has 27 heavy (non-hydrogen) atoms. The molecule has 0 aliphatic heterocycles. The van der Waals surface area contributed by atoms with E-state index >= 15 is 0 Å². The lowest BCUT2D eigenvalue weighted by atomic mass is 10.2. The second kappa shape index (κ2) is 9.28. The molecular formula is C20H22BrN3O2S. The number of thioether (sulfide) groups is 1. The van der Waals surface area contributed by atoms with Gasteiger partial charge in [0.05, 0.1) is 7.11 Å². The van der Waals surface area contributed by atoms with Gasteiger partial charge in [0.25, 0.3) is 0 Å². The summed E-state index contributed by atoms with van der Waals surface area (Å²) in [6, 6.07) is 15.9. The lowest BCUT2D eigenvalue weighted by Gasteiger charge is -2.16. The predicted molar refractivity (Wildman–Crippen MR) is 111 cm³/mol. The van der Waals surface area contributed by atoms with Gasteiger partial charge in [-0.15, -0.1) is 10.2 Å². The number of ether oxygens (including phenoxy) is 2. The largest absolute Gasteiger partial charge is 0.497 e. The van der Waals surface area contributed by atoms with E-state index in [9.17, 15) is 0 Å². The van der Waals surface area contributed by atoms with Crippen molar-refractivity contribution in [1.82, 2.24) is 14.8 Å². The smallest absolute Gasteiger partial charge is 0.191 e. The van der Waals surface area contributed by atoms with Gasteiger partial charge in [-0.1, -0.05) is 39.8 Å². The second-order valence-corrected chi connectivity index (χ2v) is 7.80. The van der Waals surface area contributed by atoms with Crippen molar-refractivity contribution in [3.63, 3.8) is 0 Å². The molecule has 0 N–H and O–H groups in total. The van der Waals surface area contributed by atoms with E-state index in [4.69, 9.17) is 9.47 Å². The highest BCUT2D eigenvalue weighted by atomic mass is 79.9. The Labute approximate surface area is 172 Å². The van der Waals surface area contributed by atoms with Crippen molar-refractivity contribution in [2.75, 3.05) is 7.11 Å². The molecule has 1 aromatic heterocycles. The quantitative estimate of drug-likeness (QED) is 0.426. The number of hydrogen-bond donors (Lipinski definition) is 0. The number of aromatic nitrogens is 3. The maximum atomic E-state index is 6.04. The molecule has 0 saturated heterocycles. The molecule has 5 nitrogen and oxygen atoms in total. The van der Waals surface area contributed by atoms with Gasteiger partial charge in [0.15, 0.2) is 17.1 Å². The van der Waals surface area contributed by atoms with Crippen molar-refractivity contribution < 1.29 is 9.47 Å². The standard InChI is InChI=1S/C20H22BrN3O2S/c1-4-24-19(14(2)26-18-10-8-17(25-3)9-11-18)22-23-20(24)27-13-15-6-5-7-16(21)12-15/h5-12,14H,4,13H2,1-3H3. The number of benzene rings is 2. The first kappa shape index (κ1) is 19.8. The molecule has 3 aromatic rings. The molecule has 1 atom stereocenters. The average molecular weight is 448 g/mol. The van der Waals surface area contributed by atoms with Crippen molar-refractivity contribution in [3.05, 3.63) is 64.4 Å². The summed E-state index contributed by atoms with van der Waals surface area (Å²) in [6.07, 6.45) is -0.203. The Morgan fingerprint density at radius 2 is 1.85 bits per heavy atom. The van der Waals surface area contributed by atoms with Crippen LogP contribution in [0.3, 0.4) is 0 Å². The van der Waals surface area contributed by atoms with Crippen molar-refractivity contribution >= 4 is 27.7 Å². The first-order valence-corrected chi connectivity index (χ1v) is 10.5. The highest BCUT2D eigenvalue weighted by Crippen LogP contribution is 2.27. The first-order valence-electron chi connectivity index (χ1n) is 8.71. The maximum Gasteiger partial charge on any atom is 0.191 e. The van der Waals surface area contributed by atoms with Crippen LogP contribution in [-0.4, -0.2) is 21.9 Å². The van der Waals surface area contributed by atoms with Gasteiger partial charge in [-0.3, -0.25) is 0 Å². The molecule has 0 aliphatic rings. The number of hydrogen-bond acceptors (Lipinski definition) is 5. The van der Waals surface area contributed by atoms with Crippen LogP contribution in [0.5, 0.6) is 11.5 Å². The Hall–Kier alpha value is -1.99. The third-order valence-corrected chi connectivity index (χ3v) is 5.59. The van der Waals surface area contributed by atoms with Crippen LogP contribution >= 0.6 is 27.7 Å². The van der Waals surface area contributed by atoms with Crippen molar-refractivity contribution in [2.24, 2.45) is 0 Å². The Morgan fingerprint density at radius 3 is 2.52 bits per heavy atom. The van der Waals surface area contributed by atoms with Crippen LogP contribution in [0.1, 0.15) is 31.3 Å². The van der Waals surface area contributed by atoms with Crippen LogP contribution in [0.25, 0.3) is 0 Å². The minimum absolute atomic E-state index is 0.203. The summed E-state index contributed by atoms with van der Waals surface area (Å²) in [4.78, 5) is 0. The van der Waals surface area contributed by atoms with Crippen LogP contribution in [0.4, 0.5) is 0 Å². The highest BCUT2D eigenvalue weighted by molar-refractivity contribution is 9.10. The third-order valence-electron chi connectivity index (χ3n) is 4.05. The van der Waals surface area contributed by atoms with E-state index in [1.807, 2.05) is 43.3 Å². The summed E-state index contributed by atoms with van der Waals surface area (Å²) in [5.74, 6) is 3.24. The molecule has 0 fully saturated rings. The molecule has 142 valence electrons. The zero-order chi connectivity index (χ0) is 19.2. The summed E-state index contributed by atoms with van der Waals surface area (Å²) in [5.41, 5.74) is 1.24. The van der Waals surface area contributed by atoms with Crippen LogP contribution in [0.2, 0.25) is 0 Å². The van der Waals surface area contributed by atoms with E-state index in [1.165, 1.54) is 5.56 Å². The molecule has 1 heterocycles. The minimum atomic E-state index is -0.203. The number of methoxy groups -OCH3 is 1. The van der Waals surface area contributed by atoms with Crippen molar-refractivity contribution in [2.45, 2.75) is 37.4 Å². The van der Waals surface area contributed by atoms with E-state index in [-0.39, 0.29) is 6.10 Å². The van der Waals surface area contributed by atoms with Gasteiger partial charge >= 0.3 is 0 Å². The Balaban J connectivity index is 1.70. The molecule has 7 heteroatoms. The van der Waals surface area contributed by atoms with E-state index in [0.29, 0.717) is 0 Å². The van der Waals surface area contributed by atoms with Gasteiger partial charge in [-0.2, -0.15) is 0 Å². The first-order chi connectivity index (χ1) is 13.1. The summed E-state index contributed by atoms with van der Waals surface area (Å²) < 4.78 is 14.4. The molecule has 0 spiro atoms. The van der Waals surface area contributed by atoms with E-state index < -0.39 is 0 Å². The van der Waals surface area contributed by atoms with E-state index in [2.05, 4.69) is 49.8 Å². The number of rotatable bonds is 8. The van der Waals surface area contributed by atoms with Crippen LogP contribution < -0.4 is 9.47 Å². The molecule has 2 aromatic carbocycles. The monoisotopic (exact) mass is 447 g/mol. The summed E-state index contributed by atoms with van der Waals surface area (Å²) in [7, 11) is 1.65. The molecule has 0 radical (unpaired) electrons. The fourth-order valence-corrected chi connectivity index (χ4v) is 4.09. The van der Waals surface area contributed by atoms with Gasteiger partial charge in [0.1, 0.15) is 11.5 Å². The van der Waals surface area contributed by atoms with Gasteiger partial charge < -0.3 is 14.0 Å². The Morgan fingerprint density at radius 1 is 1.11 bits per heavy atom. The normalized spacial score (nSPS) is 12.0. The summed E-state index contributed by atoms with van der Waals surface area (Å²) in [6.45, 7) is 4.87. The third kappa shape index (κ3) is 5.05. The molecule has 1 unspecified atom stereocenters. The Bertz CT molecular complexity index is 883. The highest BCUT2D eigenvalue weighted by Gasteiger charge is 2.19. The van der Waals surface area contributed by atoms with Gasteiger partial charge in [0.2, 0.25) is 0 Å². The number of halogens is 1. The van der Waals surface area contributed by atoms with Crippen LogP contribution in [0.15, 0.2) is 58.2 Å². The lowest BCUT2D eigenvalue weighted by molar-refractivity contribution is 0.209. The Kier molecular flexibility index (Phi) is 6.79. The second-order valence-electron chi connectivity index (χ2n) is 5.94. The molecule has 0 bridgehead atoms. The van der Waals surface area contributed by atoms with Crippen LogP contribution in [-0.2, 0) is 12.3 Å². The molecule has 0 saturated carbocycles. The van der Waals surface area contributed by atoms with Crippen molar-refractivity contribution in [3.8, 4) is 11.5 Å². The summed E-state index contributed by atoms with van der Waals surface area (Å²) >= 11 is 5.19. The average Bonchev–Trinajstić information content (AvgIpc) is 3.10. The molecular weight excluding hydrogens is 426 g/mol. The maximum absolute atomic E-state index is 6.04. The molecule has 0 amide bonds. The van der Waals surface area contributed by atoms with E-state index in [1.54, 1.807) is 18.9 Å². The van der Waals surface area contributed by atoms with Gasteiger partial charge in [-0.05, 0) is 55.8 Å². The number of nitrogens with zero attached hydrogens (tertiary/aromatic N) is 3. The lowest BCUT2D eigenvalue weighted by Crippen LogP contribution is -2.12. The zero-order valence-electron chi connectivity index (χ0n) is 15.6. The predicted octanol–water partition coefficient (Wildman–Crippen LogP) is 5.50. The fraction of sp³-hybridized carbons (Fsp3) is 0.300. The van der Waals surface area contributed by atoms with Gasteiger partial charge in [-0.25, -0.2) is 0 Å². The molecule has 0 aliphatic carbocycles. The topological polar surface area (TPSA) is 49.2 Å². The van der Waals surface area contributed by atoms with Crippen LogP contribution in [0, 0.1) is 0 Å². The fourth-order valence-electron chi connectivity index (χ4n) is 2.69. The van der Waals surface area contributed by atoms with Gasteiger partial charge in [0, 0.05) is 16.8 Å². The molecule has 3 rings (SSSR count).